The van der Waals surface area contributed by atoms with Crippen molar-refractivity contribution in [3.8, 4) is 0 Å². The summed E-state index contributed by atoms with van der Waals surface area (Å²) >= 11 is 0. The average Bonchev–Trinajstić information content (AvgIpc) is 3.39. The Morgan fingerprint density at radius 2 is 1.76 bits per heavy atom. The molecule has 1 aromatic heterocycles. The summed E-state index contributed by atoms with van der Waals surface area (Å²) in [4.78, 5) is 53.9. The summed E-state index contributed by atoms with van der Waals surface area (Å²) in [6.07, 6.45) is 3.93. The fourth-order valence-corrected chi connectivity index (χ4v) is 5.45. The van der Waals surface area contributed by atoms with Crippen LogP contribution in [0.4, 0.5) is 5.69 Å². The van der Waals surface area contributed by atoms with Gasteiger partial charge in [-0.05, 0) is 43.5 Å². The summed E-state index contributed by atoms with van der Waals surface area (Å²) in [6, 6.07) is 15.3. The molecule has 0 bridgehead atoms. The lowest BCUT2D eigenvalue weighted by Crippen LogP contribution is -2.63. The van der Waals surface area contributed by atoms with Gasteiger partial charge in [0.1, 0.15) is 11.1 Å². The normalized spacial score (nSPS) is 19.1. The second-order valence-corrected chi connectivity index (χ2v) is 9.96. The van der Waals surface area contributed by atoms with E-state index in [1.807, 2.05) is 23.1 Å². The lowest BCUT2D eigenvalue weighted by Gasteiger charge is -2.39. The molecule has 38 heavy (non-hydrogen) atoms. The van der Waals surface area contributed by atoms with Crippen molar-refractivity contribution < 1.29 is 28.3 Å². The van der Waals surface area contributed by atoms with Gasteiger partial charge in [-0.15, -0.1) is 0 Å². The molecule has 2 aliphatic rings. The van der Waals surface area contributed by atoms with Gasteiger partial charge in [-0.2, -0.15) is 0 Å². The fourth-order valence-electron chi connectivity index (χ4n) is 5.45. The number of ketones is 1. The van der Waals surface area contributed by atoms with Crippen LogP contribution in [0.5, 0.6) is 0 Å². The first-order valence-electron chi connectivity index (χ1n) is 13.0. The number of esters is 1. The van der Waals surface area contributed by atoms with Crippen molar-refractivity contribution in [2.24, 2.45) is 0 Å². The number of hydrogen-bond acceptors (Lipinski definition) is 7. The number of hydrogen-bond donors (Lipinski definition) is 2. The lowest BCUT2D eigenvalue weighted by molar-refractivity contribution is -0.133. The molecule has 1 unspecified atom stereocenters. The first-order valence-corrected chi connectivity index (χ1v) is 13.0. The van der Waals surface area contributed by atoms with E-state index < -0.39 is 23.5 Å². The van der Waals surface area contributed by atoms with E-state index in [-0.39, 0.29) is 24.0 Å². The van der Waals surface area contributed by atoms with Crippen LogP contribution >= 0.6 is 0 Å². The van der Waals surface area contributed by atoms with Gasteiger partial charge >= 0.3 is 5.97 Å². The third-order valence-corrected chi connectivity index (χ3v) is 7.52. The highest BCUT2D eigenvalue weighted by atomic mass is 16.5. The maximum absolute atomic E-state index is 13.6. The zero-order valence-electron chi connectivity index (χ0n) is 21.3. The highest BCUT2D eigenvalue weighted by Gasteiger charge is 2.43. The molecule has 2 fully saturated rings. The molecular weight excluding hydrogens is 486 g/mol. The molecule has 1 atom stereocenters. The first kappa shape index (κ1) is 25.5. The number of methoxy groups -OCH3 is 1. The van der Waals surface area contributed by atoms with Gasteiger partial charge in [-0.25, -0.2) is 4.79 Å². The van der Waals surface area contributed by atoms with E-state index in [0.29, 0.717) is 42.6 Å². The van der Waals surface area contributed by atoms with Crippen molar-refractivity contribution >= 4 is 40.2 Å². The van der Waals surface area contributed by atoms with Crippen LogP contribution in [0.15, 0.2) is 59.0 Å². The van der Waals surface area contributed by atoms with Crippen molar-refractivity contribution in [2.75, 3.05) is 25.1 Å². The van der Waals surface area contributed by atoms with E-state index in [0.717, 1.165) is 24.6 Å². The van der Waals surface area contributed by atoms with Crippen LogP contribution in [-0.4, -0.2) is 55.3 Å². The number of nitrogens with one attached hydrogen (secondary N) is 2. The molecule has 2 N–H and O–H groups in total. The summed E-state index contributed by atoms with van der Waals surface area (Å²) in [6.45, 7) is 0.528. The second-order valence-electron chi connectivity index (χ2n) is 9.96. The van der Waals surface area contributed by atoms with Crippen molar-refractivity contribution in [1.82, 2.24) is 10.6 Å². The minimum Gasteiger partial charge on any atom is -0.465 e. The summed E-state index contributed by atoms with van der Waals surface area (Å²) in [7, 11) is 1.32. The first-order chi connectivity index (χ1) is 18.4. The van der Waals surface area contributed by atoms with Crippen LogP contribution < -0.4 is 15.5 Å². The zero-order valence-corrected chi connectivity index (χ0v) is 21.3. The van der Waals surface area contributed by atoms with Crippen LogP contribution in [-0.2, 0) is 14.3 Å². The van der Waals surface area contributed by atoms with E-state index >= 15 is 0 Å². The number of amides is 2. The Balaban J connectivity index is 1.28. The molecule has 1 aliphatic heterocycles. The topological polar surface area (TPSA) is 118 Å². The number of nitrogens with zero attached hydrogens (tertiary/aromatic N) is 1. The average molecular weight is 518 g/mol. The molecule has 1 saturated carbocycles. The van der Waals surface area contributed by atoms with E-state index in [9.17, 15) is 19.2 Å². The van der Waals surface area contributed by atoms with Gasteiger partial charge in [0.05, 0.1) is 30.9 Å². The van der Waals surface area contributed by atoms with Gasteiger partial charge in [-0.3, -0.25) is 14.4 Å². The Bertz CT molecular complexity index is 1340. The summed E-state index contributed by atoms with van der Waals surface area (Å²) < 4.78 is 10.6. The van der Waals surface area contributed by atoms with Crippen molar-refractivity contribution in [1.29, 1.82) is 0 Å². The number of rotatable bonds is 6. The largest absolute Gasteiger partial charge is 0.465 e. The van der Waals surface area contributed by atoms with Crippen molar-refractivity contribution in [3.63, 3.8) is 0 Å². The number of para-hydroxylation sites is 2. The predicted molar refractivity (Wildman–Crippen MR) is 141 cm³/mol. The van der Waals surface area contributed by atoms with Gasteiger partial charge < -0.3 is 24.7 Å². The van der Waals surface area contributed by atoms with E-state index in [4.69, 9.17) is 9.15 Å². The number of Topliss-reactive ketones (excluding diaryl/α,β-unsaturated/α-hetero) is 1. The van der Waals surface area contributed by atoms with Crippen molar-refractivity contribution in [3.05, 3.63) is 65.9 Å². The highest BCUT2D eigenvalue weighted by Crippen LogP contribution is 2.31. The molecule has 9 nitrogen and oxygen atoms in total. The van der Waals surface area contributed by atoms with Gasteiger partial charge in [0.25, 0.3) is 5.91 Å². The highest BCUT2D eigenvalue weighted by molar-refractivity contribution is 6.02. The van der Waals surface area contributed by atoms with Crippen molar-refractivity contribution in [2.45, 2.75) is 50.1 Å². The molecule has 9 heteroatoms. The monoisotopic (exact) mass is 517 g/mol. The molecule has 2 aromatic carbocycles. The van der Waals surface area contributed by atoms with E-state index in [2.05, 4.69) is 10.6 Å². The molecule has 2 amide bonds. The predicted octanol–water partition coefficient (Wildman–Crippen LogP) is 3.62. The maximum Gasteiger partial charge on any atom is 0.339 e. The summed E-state index contributed by atoms with van der Waals surface area (Å²) in [5.74, 6) is -1.26. The molecule has 0 spiro atoms. The molecule has 1 saturated heterocycles. The van der Waals surface area contributed by atoms with Crippen LogP contribution in [0.2, 0.25) is 0 Å². The molecule has 5 rings (SSSR count). The molecule has 198 valence electrons. The number of ether oxygens (including phenoxy) is 1. The summed E-state index contributed by atoms with van der Waals surface area (Å²) in [5, 5.41) is 6.70. The Kier molecular flexibility index (Phi) is 7.18. The standard InChI is InChI=1S/C29H31N3O6/c1-37-27(35)20-10-4-5-11-22(20)32-16-13-21(23(33)18-32)30-28(36)29(14-7-2-8-15-29)31-26(34)25-17-19-9-3-6-12-24(19)38-25/h3-6,9-12,17,21H,2,7-8,13-16,18H2,1H3,(H,30,36)(H,31,34). The number of fused-ring (bicyclic) bond motifs is 1. The molecule has 3 aromatic rings. The summed E-state index contributed by atoms with van der Waals surface area (Å²) in [5.41, 5.74) is 0.508. The third kappa shape index (κ3) is 5.01. The van der Waals surface area contributed by atoms with Gasteiger partial charge in [-0.1, -0.05) is 49.6 Å². The van der Waals surface area contributed by atoms with Crippen LogP contribution in [0.3, 0.4) is 0 Å². The van der Waals surface area contributed by atoms with Gasteiger partial charge in [0.2, 0.25) is 5.91 Å². The van der Waals surface area contributed by atoms with Crippen LogP contribution in [0.1, 0.15) is 59.4 Å². The van der Waals surface area contributed by atoms with Gasteiger partial charge in [0.15, 0.2) is 11.5 Å². The molecular formula is C29H31N3O6. The SMILES string of the molecule is COC(=O)c1ccccc1N1CCC(NC(=O)C2(NC(=O)c3cc4ccccc4o3)CCCCC2)C(=O)C1. The number of piperidine rings is 1. The number of benzene rings is 2. The third-order valence-electron chi connectivity index (χ3n) is 7.52. The van der Waals surface area contributed by atoms with Crippen LogP contribution in [0, 0.1) is 0 Å². The fraction of sp³-hybridized carbons (Fsp3) is 0.379. The molecule has 0 radical (unpaired) electrons. The Morgan fingerprint density at radius 1 is 1.03 bits per heavy atom. The number of carbonyl (C=O) groups is 4. The van der Waals surface area contributed by atoms with E-state index in [1.165, 1.54) is 7.11 Å². The minimum atomic E-state index is -1.11. The maximum atomic E-state index is 13.6. The van der Waals surface area contributed by atoms with E-state index in [1.54, 1.807) is 36.4 Å². The number of anilines is 1. The number of carbonyl (C=O) groups excluding carboxylic acids is 4. The zero-order chi connectivity index (χ0) is 26.7. The Morgan fingerprint density at radius 3 is 2.50 bits per heavy atom. The lowest BCUT2D eigenvalue weighted by atomic mass is 9.80. The molecule has 1 aliphatic carbocycles. The Labute approximate surface area is 220 Å². The Hall–Kier alpha value is -4.14. The second kappa shape index (κ2) is 10.7. The minimum absolute atomic E-state index is 0.0529. The van der Waals surface area contributed by atoms with Gasteiger partial charge in [0, 0.05) is 11.9 Å². The smallest absolute Gasteiger partial charge is 0.339 e. The molecule has 2 heterocycles. The quantitative estimate of drug-likeness (QED) is 0.480. The van der Waals surface area contributed by atoms with Crippen LogP contribution in [0.25, 0.3) is 11.0 Å². The number of furan rings is 1.